The first-order chi connectivity index (χ1) is 11.1. The lowest BCUT2D eigenvalue weighted by Crippen LogP contribution is -2.30. The quantitative estimate of drug-likeness (QED) is 0.492. The molecule has 23 heavy (non-hydrogen) atoms. The topological polar surface area (TPSA) is 99.5 Å². The number of carbonyl (C=O) groups is 2. The van der Waals surface area contributed by atoms with Crippen molar-refractivity contribution < 1.29 is 19.1 Å². The van der Waals surface area contributed by atoms with Crippen molar-refractivity contribution >= 4 is 11.9 Å². The maximum Gasteiger partial charge on any atom is 0.305 e. The number of ether oxygens (including phenoxy) is 2. The number of aromatic nitrogens is 2. The third-order valence-corrected chi connectivity index (χ3v) is 3.18. The molecule has 0 saturated heterocycles. The molecule has 0 radical (unpaired) electrons. The van der Waals surface area contributed by atoms with Gasteiger partial charge in [0.2, 0.25) is 0 Å². The summed E-state index contributed by atoms with van der Waals surface area (Å²) >= 11 is 0. The summed E-state index contributed by atoms with van der Waals surface area (Å²) in [5, 5.41) is 6.75. The Morgan fingerprint density at radius 3 is 2.70 bits per heavy atom. The fourth-order valence-electron chi connectivity index (χ4n) is 1.87. The van der Waals surface area contributed by atoms with Gasteiger partial charge in [0.15, 0.2) is 0 Å². The molecular weight excluding hydrogens is 302 g/mol. The van der Waals surface area contributed by atoms with Crippen molar-refractivity contribution in [3.05, 3.63) is 28.2 Å². The minimum atomic E-state index is -0.330. The number of nitrogens with zero attached hydrogens (tertiary/aromatic N) is 2. The van der Waals surface area contributed by atoms with Gasteiger partial charge < -0.3 is 14.8 Å². The van der Waals surface area contributed by atoms with E-state index in [1.54, 1.807) is 0 Å². The van der Waals surface area contributed by atoms with Crippen molar-refractivity contribution in [2.24, 2.45) is 0 Å². The van der Waals surface area contributed by atoms with Crippen LogP contribution in [0.15, 0.2) is 16.9 Å². The van der Waals surface area contributed by atoms with Gasteiger partial charge in [-0.1, -0.05) is 6.42 Å². The lowest BCUT2D eigenvalue weighted by molar-refractivity contribution is -0.140. The van der Waals surface area contributed by atoms with Gasteiger partial charge in [0, 0.05) is 26.1 Å². The van der Waals surface area contributed by atoms with Crippen LogP contribution < -0.4 is 10.9 Å². The maximum absolute atomic E-state index is 12.0. The normalized spacial score (nSPS) is 10.3. The van der Waals surface area contributed by atoms with E-state index in [2.05, 4.69) is 15.2 Å². The van der Waals surface area contributed by atoms with Crippen LogP contribution in [-0.4, -0.2) is 49.0 Å². The van der Waals surface area contributed by atoms with Crippen molar-refractivity contribution in [1.29, 1.82) is 0 Å². The number of nitrogens with one attached hydrogen (secondary N) is 1. The Morgan fingerprint density at radius 1 is 1.22 bits per heavy atom. The highest BCUT2D eigenvalue weighted by Gasteiger charge is 2.09. The van der Waals surface area contributed by atoms with Crippen molar-refractivity contribution in [3.8, 4) is 0 Å². The van der Waals surface area contributed by atoms with Crippen LogP contribution in [0.1, 0.15) is 36.2 Å². The SMILES string of the molecule is COCCn1nc(C(=O)NCCCCCC(=O)OC)ccc1=O. The van der Waals surface area contributed by atoms with Gasteiger partial charge in [0.05, 0.1) is 20.3 Å². The lowest BCUT2D eigenvalue weighted by atomic mass is 10.2. The van der Waals surface area contributed by atoms with Gasteiger partial charge in [-0.05, 0) is 18.9 Å². The van der Waals surface area contributed by atoms with Crippen LogP contribution in [0.2, 0.25) is 0 Å². The summed E-state index contributed by atoms with van der Waals surface area (Å²) in [6, 6.07) is 2.71. The molecule has 0 unspecified atom stereocenters. The molecular formula is C15H23N3O5. The summed E-state index contributed by atoms with van der Waals surface area (Å²) in [4.78, 5) is 34.5. The van der Waals surface area contributed by atoms with E-state index in [-0.39, 0.29) is 23.1 Å². The molecule has 0 aliphatic rings. The van der Waals surface area contributed by atoms with Gasteiger partial charge in [-0.25, -0.2) is 4.68 Å². The molecule has 8 heteroatoms. The van der Waals surface area contributed by atoms with E-state index in [1.165, 1.54) is 31.0 Å². The highest BCUT2D eigenvalue weighted by atomic mass is 16.5. The molecule has 0 spiro atoms. The fraction of sp³-hybridized carbons (Fsp3) is 0.600. The molecule has 0 fully saturated rings. The first-order valence-corrected chi connectivity index (χ1v) is 7.50. The Bertz CT molecular complexity index is 570. The number of hydrogen-bond donors (Lipinski definition) is 1. The van der Waals surface area contributed by atoms with E-state index in [0.717, 1.165) is 19.3 Å². The minimum absolute atomic E-state index is 0.190. The van der Waals surface area contributed by atoms with E-state index in [9.17, 15) is 14.4 Å². The average Bonchev–Trinajstić information content (AvgIpc) is 2.56. The van der Waals surface area contributed by atoms with Crippen LogP contribution in [0.25, 0.3) is 0 Å². The largest absolute Gasteiger partial charge is 0.469 e. The van der Waals surface area contributed by atoms with Crippen LogP contribution in [0.5, 0.6) is 0 Å². The highest BCUT2D eigenvalue weighted by molar-refractivity contribution is 5.91. The number of unbranched alkanes of at least 4 members (excludes halogenated alkanes) is 2. The molecule has 8 nitrogen and oxygen atoms in total. The molecule has 128 valence electrons. The summed E-state index contributed by atoms with van der Waals surface area (Å²) in [6.07, 6.45) is 2.68. The van der Waals surface area contributed by atoms with Crippen molar-refractivity contribution in [1.82, 2.24) is 15.1 Å². The number of hydrogen-bond acceptors (Lipinski definition) is 6. The van der Waals surface area contributed by atoms with Crippen LogP contribution in [0, 0.1) is 0 Å². The summed E-state index contributed by atoms with van der Waals surface area (Å²) in [5.74, 6) is -0.555. The number of amides is 1. The van der Waals surface area contributed by atoms with Crippen molar-refractivity contribution in [2.75, 3.05) is 27.4 Å². The Morgan fingerprint density at radius 2 is 2.00 bits per heavy atom. The standard InChI is InChI=1S/C15H23N3O5/c1-22-11-10-18-13(19)8-7-12(17-18)15(21)16-9-5-3-4-6-14(20)23-2/h7-8H,3-6,9-11H2,1-2H3,(H,16,21). The van der Waals surface area contributed by atoms with Gasteiger partial charge in [-0.3, -0.25) is 14.4 Å². The van der Waals surface area contributed by atoms with Gasteiger partial charge in [-0.15, -0.1) is 0 Å². The van der Waals surface area contributed by atoms with E-state index in [0.29, 0.717) is 26.1 Å². The zero-order valence-corrected chi connectivity index (χ0v) is 13.5. The third-order valence-electron chi connectivity index (χ3n) is 3.18. The van der Waals surface area contributed by atoms with E-state index in [1.807, 2.05) is 0 Å². The predicted octanol–water partition coefficient (Wildman–Crippen LogP) is 0.353. The zero-order valence-electron chi connectivity index (χ0n) is 13.5. The molecule has 0 aliphatic heterocycles. The number of esters is 1. The Kier molecular flexibility index (Phi) is 8.59. The predicted molar refractivity (Wildman–Crippen MR) is 83.2 cm³/mol. The summed E-state index contributed by atoms with van der Waals surface area (Å²) in [7, 11) is 2.89. The van der Waals surface area contributed by atoms with Gasteiger partial charge in [-0.2, -0.15) is 5.10 Å². The smallest absolute Gasteiger partial charge is 0.305 e. The fourth-order valence-corrected chi connectivity index (χ4v) is 1.87. The van der Waals surface area contributed by atoms with Crippen LogP contribution in [0.4, 0.5) is 0 Å². The monoisotopic (exact) mass is 325 g/mol. The molecule has 1 amide bonds. The minimum Gasteiger partial charge on any atom is -0.469 e. The molecule has 0 aromatic carbocycles. The summed E-state index contributed by atoms with van der Waals surface area (Å²) < 4.78 is 10.6. The molecule has 1 heterocycles. The molecule has 0 saturated carbocycles. The lowest BCUT2D eigenvalue weighted by Gasteiger charge is -2.07. The van der Waals surface area contributed by atoms with Gasteiger partial charge >= 0.3 is 5.97 Å². The Balaban J connectivity index is 2.37. The summed E-state index contributed by atoms with van der Waals surface area (Å²) in [6.45, 7) is 1.13. The second-order valence-electron chi connectivity index (χ2n) is 4.92. The second-order valence-corrected chi connectivity index (χ2v) is 4.92. The van der Waals surface area contributed by atoms with Crippen LogP contribution >= 0.6 is 0 Å². The number of carbonyl (C=O) groups excluding carboxylic acids is 2. The van der Waals surface area contributed by atoms with E-state index < -0.39 is 0 Å². The second kappa shape index (κ2) is 10.5. The van der Waals surface area contributed by atoms with Crippen molar-refractivity contribution in [2.45, 2.75) is 32.2 Å². The Labute approximate surface area is 134 Å². The van der Waals surface area contributed by atoms with Crippen LogP contribution in [0.3, 0.4) is 0 Å². The molecule has 1 rings (SSSR count). The Hall–Kier alpha value is -2.22. The molecule has 1 N–H and O–H groups in total. The first-order valence-electron chi connectivity index (χ1n) is 7.50. The highest BCUT2D eigenvalue weighted by Crippen LogP contribution is 2.00. The van der Waals surface area contributed by atoms with E-state index >= 15 is 0 Å². The van der Waals surface area contributed by atoms with Crippen LogP contribution in [-0.2, 0) is 20.8 Å². The molecule has 0 aliphatic carbocycles. The zero-order chi connectivity index (χ0) is 17.1. The number of rotatable bonds is 10. The first kappa shape index (κ1) is 18.8. The van der Waals surface area contributed by atoms with Gasteiger partial charge in [0.1, 0.15) is 5.69 Å². The molecule has 0 atom stereocenters. The van der Waals surface area contributed by atoms with E-state index in [4.69, 9.17) is 4.74 Å². The average molecular weight is 325 g/mol. The summed E-state index contributed by atoms with van der Waals surface area (Å²) in [5.41, 5.74) is -0.0864. The maximum atomic E-state index is 12.0. The number of methoxy groups -OCH3 is 2. The molecule has 0 bridgehead atoms. The molecule has 1 aromatic rings. The van der Waals surface area contributed by atoms with Crippen molar-refractivity contribution in [3.63, 3.8) is 0 Å². The third kappa shape index (κ3) is 7.05. The van der Waals surface area contributed by atoms with Gasteiger partial charge in [0.25, 0.3) is 11.5 Å². The molecule has 1 aromatic heterocycles.